The summed E-state index contributed by atoms with van der Waals surface area (Å²) < 4.78 is 0. The van der Waals surface area contributed by atoms with Crippen LogP contribution in [0, 0.1) is 0 Å². The molecule has 0 saturated carbocycles. The highest BCUT2D eigenvalue weighted by Crippen LogP contribution is 2.17. The minimum Gasteiger partial charge on any atom is -0.394 e. The average molecular weight is 979 g/mol. The molecule has 0 saturated heterocycles. The van der Waals surface area contributed by atoms with Crippen LogP contribution in [0.5, 0.6) is 0 Å². The maximum atomic E-state index is 12.5. The summed E-state index contributed by atoms with van der Waals surface area (Å²) in [5.74, 6) is -0.0763. The maximum Gasteiger partial charge on any atom is 0.220 e. The van der Waals surface area contributed by atoms with Crippen molar-refractivity contribution in [2.75, 3.05) is 6.61 Å². The van der Waals surface area contributed by atoms with Crippen LogP contribution in [0.3, 0.4) is 0 Å². The molecule has 0 bridgehead atoms. The number of hydrogen-bond acceptors (Lipinski definition) is 3. The lowest BCUT2D eigenvalue weighted by atomic mass is 10.0. The number of rotatable bonds is 58. The van der Waals surface area contributed by atoms with Gasteiger partial charge in [0.15, 0.2) is 0 Å². The van der Waals surface area contributed by atoms with Crippen LogP contribution in [0.15, 0.2) is 60.8 Å². The highest BCUT2D eigenvalue weighted by atomic mass is 16.3. The molecule has 0 aliphatic carbocycles. The SMILES string of the molecule is CCCCCCC/C=C\C/C=C\CCCCCCCCCCCCCCCC(=O)NC(CO)C(O)/C=C/CC/C=C/CC/C=C/CCCCCCCCCCCCCCCCCCCCCCCCC. The lowest BCUT2D eigenvalue weighted by molar-refractivity contribution is -0.123. The number of amides is 1. The second-order valence-electron chi connectivity index (χ2n) is 21.5. The van der Waals surface area contributed by atoms with Gasteiger partial charge in [-0.1, -0.05) is 312 Å². The minimum absolute atomic E-state index is 0.0763. The summed E-state index contributed by atoms with van der Waals surface area (Å²) in [6.07, 6.45) is 87.1. The molecule has 0 aromatic carbocycles. The van der Waals surface area contributed by atoms with E-state index in [9.17, 15) is 15.0 Å². The van der Waals surface area contributed by atoms with Gasteiger partial charge in [-0.3, -0.25) is 4.79 Å². The minimum atomic E-state index is -0.874. The zero-order chi connectivity index (χ0) is 50.6. The van der Waals surface area contributed by atoms with Crippen LogP contribution < -0.4 is 5.32 Å². The summed E-state index contributed by atoms with van der Waals surface area (Å²) in [5.41, 5.74) is 0. The van der Waals surface area contributed by atoms with Crippen molar-refractivity contribution in [3.05, 3.63) is 60.8 Å². The molecule has 4 nitrogen and oxygen atoms in total. The van der Waals surface area contributed by atoms with E-state index in [-0.39, 0.29) is 12.5 Å². The number of allylic oxidation sites excluding steroid dienone is 9. The lowest BCUT2D eigenvalue weighted by Crippen LogP contribution is -2.45. The summed E-state index contributed by atoms with van der Waals surface area (Å²) in [5, 5.41) is 23.2. The van der Waals surface area contributed by atoms with Crippen molar-refractivity contribution < 1.29 is 15.0 Å². The van der Waals surface area contributed by atoms with Gasteiger partial charge in [0.2, 0.25) is 5.91 Å². The Balaban J connectivity index is 3.52. The monoisotopic (exact) mass is 978 g/mol. The van der Waals surface area contributed by atoms with E-state index in [0.717, 1.165) is 44.9 Å². The molecule has 2 unspecified atom stereocenters. The van der Waals surface area contributed by atoms with Crippen molar-refractivity contribution in [3.8, 4) is 0 Å². The van der Waals surface area contributed by atoms with Crippen LogP contribution in [0.2, 0.25) is 0 Å². The molecule has 0 rings (SSSR count). The van der Waals surface area contributed by atoms with Crippen LogP contribution in [-0.4, -0.2) is 34.9 Å². The number of hydrogen-bond donors (Lipinski definition) is 3. The molecule has 0 radical (unpaired) electrons. The topological polar surface area (TPSA) is 69.6 Å². The molecule has 2 atom stereocenters. The smallest absolute Gasteiger partial charge is 0.220 e. The molecular weight excluding hydrogens is 855 g/mol. The molecule has 0 aliphatic rings. The molecule has 0 aromatic heterocycles. The number of carbonyl (C=O) groups is 1. The molecule has 0 aliphatic heterocycles. The van der Waals surface area contributed by atoms with Crippen molar-refractivity contribution in [2.24, 2.45) is 0 Å². The molecule has 410 valence electrons. The molecule has 0 heterocycles. The number of nitrogens with one attached hydrogen (secondary N) is 1. The predicted molar refractivity (Wildman–Crippen MR) is 313 cm³/mol. The van der Waals surface area contributed by atoms with Gasteiger partial charge in [-0.2, -0.15) is 0 Å². The van der Waals surface area contributed by atoms with Gasteiger partial charge in [-0.25, -0.2) is 0 Å². The Bertz CT molecular complexity index is 1150. The Morgan fingerprint density at radius 1 is 0.343 bits per heavy atom. The normalized spacial score (nSPS) is 13.1. The van der Waals surface area contributed by atoms with E-state index in [4.69, 9.17) is 0 Å². The van der Waals surface area contributed by atoms with E-state index in [1.54, 1.807) is 6.08 Å². The van der Waals surface area contributed by atoms with E-state index in [0.29, 0.717) is 6.42 Å². The highest BCUT2D eigenvalue weighted by molar-refractivity contribution is 5.76. The number of carbonyl (C=O) groups excluding carboxylic acids is 1. The molecule has 3 N–H and O–H groups in total. The Kier molecular flexibility index (Phi) is 59.7. The number of unbranched alkanes of at least 4 members (excludes halogenated alkanes) is 43. The number of aliphatic hydroxyl groups is 2. The van der Waals surface area contributed by atoms with E-state index in [1.807, 2.05) is 6.08 Å². The Labute approximate surface area is 438 Å². The van der Waals surface area contributed by atoms with Crippen molar-refractivity contribution in [1.82, 2.24) is 5.32 Å². The second kappa shape index (κ2) is 61.4. The lowest BCUT2D eigenvalue weighted by Gasteiger charge is -2.19. The first-order valence-corrected chi connectivity index (χ1v) is 31.5. The fourth-order valence-electron chi connectivity index (χ4n) is 9.66. The molecule has 70 heavy (non-hydrogen) atoms. The Morgan fingerprint density at radius 2 is 0.600 bits per heavy atom. The largest absolute Gasteiger partial charge is 0.394 e. The van der Waals surface area contributed by atoms with Gasteiger partial charge in [0.05, 0.1) is 18.8 Å². The summed E-state index contributed by atoms with van der Waals surface area (Å²) in [4.78, 5) is 12.5. The van der Waals surface area contributed by atoms with Gasteiger partial charge < -0.3 is 15.5 Å². The van der Waals surface area contributed by atoms with Crippen LogP contribution in [0.25, 0.3) is 0 Å². The van der Waals surface area contributed by atoms with Crippen molar-refractivity contribution >= 4 is 5.91 Å². The fraction of sp³-hybridized carbons (Fsp3) is 0.833. The summed E-state index contributed by atoms with van der Waals surface area (Å²) >= 11 is 0. The van der Waals surface area contributed by atoms with E-state index < -0.39 is 12.1 Å². The van der Waals surface area contributed by atoms with E-state index in [1.165, 1.54) is 270 Å². The Morgan fingerprint density at radius 3 is 0.914 bits per heavy atom. The van der Waals surface area contributed by atoms with Crippen molar-refractivity contribution in [1.29, 1.82) is 0 Å². The van der Waals surface area contributed by atoms with Gasteiger partial charge in [0, 0.05) is 6.42 Å². The molecule has 0 spiro atoms. The van der Waals surface area contributed by atoms with Gasteiger partial charge >= 0.3 is 0 Å². The predicted octanol–water partition coefficient (Wildman–Crippen LogP) is 21.2. The van der Waals surface area contributed by atoms with E-state index in [2.05, 4.69) is 67.8 Å². The molecular formula is C66H123NO3. The Hall–Kier alpha value is -1.91. The first-order chi connectivity index (χ1) is 34.7. The fourth-order valence-corrected chi connectivity index (χ4v) is 9.66. The third-order valence-electron chi connectivity index (χ3n) is 14.5. The molecule has 0 fully saturated rings. The maximum absolute atomic E-state index is 12.5. The van der Waals surface area contributed by atoms with Gasteiger partial charge in [-0.15, -0.1) is 0 Å². The van der Waals surface area contributed by atoms with E-state index >= 15 is 0 Å². The molecule has 4 heteroatoms. The number of aliphatic hydroxyl groups excluding tert-OH is 2. The van der Waals surface area contributed by atoms with Crippen LogP contribution in [0.1, 0.15) is 335 Å². The summed E-state index contributed by atoms with van der Waals surface area (Å²) in [7, 11) is 0. The second-order valence-corrected chi connectivity index (χ2v) is 21.5. The molecule has 0 aromatic rings. The average Bonchev–Trinajstić information content (AvgIpc) is 3.36. The zero-order valence-corrected chi connectivity index (χ0v) is 47.3. The molecule has 1 amide bonds. The van der Waals surface area contributed by atoms with Crippen LogP contribution in [-0.2, 0) is 4.79 Å². The third-order valence-corrected chi connectivity index (χ3v) is 14.5. The van der Waals surface area contributed by atoms with Gasteiger partial charge in [0.25, 0.3) is 0 Å². The first-order valence-electron chi connectivity index (χ1n) is 31.5. The van der Waals surface area contributed by atoms with Crippen molar-refractivity contribution in [2.45, 2.75) is 347 Å². The first kappa shape index (κ1) is 68.1. The highest BCUT2D eigenvalue weighted by Gasteiger charge is 2.18. The third kappa shape index (κ3) is 57.0. The standard InChI is InChI=1S/C66H123NO3/c1-3-5-7-9-11-13-15-17-19-21-23-25-27-29-30-31-32-33-34-35-36-38-39-41-43-45-47-49-51-53-55-57-59-61-65(69)64(63-68)67-66(70)62-60-58-56-54-52-50-48-46-44-42-40-37-28-26-24-22-20-18-16-14-12-10-8-6-4-2/h16,18,22,24,43,45,51,53,59,61,64-65,68-69H,3-15,17,19-21,23,25-42,44,46-50,52,54-58,60,62-63H2,1-2H3,(H,67,70)/b18-16-,24-22-,45-43+,53-51+,61-59+. The summed E-state index contributed by atoms with van der Waals surface area (Å²) in [6, 6.07) is -0.649. The van der Waals surface area contributed by atoms with Crippen molar-refractivity contribution in [3.63, 3.8) is 0 Å². The summed E-state index contributed by atoms with van der Waals surface area (Å²) in [6.45, 7) is 4.31. The quantitative estimate of drug-likeness (QED) is 0.0420. The van der Waals surface area contributed by atoms with Crippen LogP contribution >= 0.6 is 0 Å². The van der Waals surface area contributed by atoms with Gasteiger partial charge in [-0.05, 0) is 77.0 Å². The zero-order valence-electron chi connectivity index (χ0n) is 47.3. The van der Waals surface area contributed by atoms with Crippen LogP contribution in [0.4, 0.5) is 0 Å². The van der Waals surface area contributed by atoms with Gasteiger partial charge in [0.1, 0.15) is 0 Å².